The van der Waals surface area contributed by atoms with Crippen LogP contribution in [-0.2, 0) is 28.6 Å². The van der Waals surface area contributed by atoms with E-state index < -0.39 is 6.10 Å². The van der Waals surface area contributed by atoms with E-state index >= 15 is 0 Å². The zero-order chi connectivity index (χ0) is 44.7. The molecule has 0 aliphatic carbocycles. The highest BCUT2D eigenvalue weighted by atomic mass is 16.6. The second-order valence-corrected chi connectivity index (χ2v) is 19.4. The minimum Gasteiger partial charge on any atom is -0.462 e. The summed E-state index contributed by atoms with van der Waals surface area (Å²) in [4.78, 5) is 38.0. The van der Waals surface area contributed by atoms with Gasteiger partial charge in [0, 0.05) is 19.3 Å². The van der Waals surface area contributed by atoms with E-state index in [4.69, 9.17) is 14.2 Å². The van der Waals surface area contributed by atoms with Gasteiger partial charge in [-0.1, -0.05) is 266 Å². The predicted molar refractivity (Wildman–Crippen MR) is 261 cm³/mol. The molecular formula is C55H106O6. The fourth-order valence-electron chi connectivity index (χ4n) is 8.28. The summed E-state index contributed by atoms with van der Waals surface area (Å²) in [5.41, 5.74) is 0. The summed E-state index contributed by atoms with van der Waals surface area (Å²) in [6.45, 7) is 11.4. The van der Waals surface area contributed by atoms with E-state index in [9.17, 15) is 14.4 Å². The van der Waals surface area contributed by atoms with Crippen LogP contribution in [0, 0.1) is 11.8 Å². The van der Waals surface area contributed by atoms with Gasteiger partial charge in [0.15, 0.2) is 6.10 Å². The molecule has 6 heteroatoms. The fraction of sp³-hybridized carbons (Fsp3) is 0.945. The third-order valence-electron chi connectivity index (χ3n) is 13.2. The van der Waals surface area contributed by atoms with Gasteiger partial charge >= 0.3 is 17.9 Å². The maximum absolute atomic E-state index is 12.8. The Kier molecular flexibility index (Phi) is 46.6. The van der Waals surface area contributed by atoms with Gasteiger partial charge in [0.05, 0.1) is 0 Å². The number of esters is 3. The zero-order valence-electron chi connectivity index (χ0n) is 41.8. The molecule has 0 aliphatic rings. The van der Waals surface area contributed by atoms with E-state index in [2.05, 4.69) is 34.6 Å². The van der Waals surface area contributed by atoms with Crippen molar-refractivity contribution in [3.63, 3.8) is 0 Å². The Bertz CT molecular complexity index is 935. The summed E-state index contributed by atoms with van der Waals surface area (Å²) in [6.07, 6.45) is 49.3. The van der Waals surface area contributed by atoms with Crippen LogP contribution in [0.25, 0.3) is 0 Å². The van der Waals surface area contributed by atoms with Crippen molar-refractivity contribution >= 4 is 17.9 Å². The Morgan fingerprint density at radius 2 is 0.574 bits per heavy atom. The van der Waals surface area contributed by atoms with Crippen molar-refractivity contribution in [3.05, 3.63) is 0 Å². The van der Waals surface area contributed by atoms with Gasteiger partial charge < -0.3 is 14.2 Å². The number of hydrogen-bond donors (Lipinski definition) is 0. The maximum Gasteiger partial charge on any atom is 0.306 e. The molecule has 0 bridgehead atoms. The van der Waals surface area contributed by atoms with E-state index in [1.807, 2.05) is 0 Å². The van der Waals surface area contributed by atoms with Crippen LogP contribution >= 0.6 is 0 Å². The molecule has 0 radical (unpaired) electrons. The molecular weight excluding hydrogens is 757 g/mol. The number of ether oxygens (including phenoxy) is 3. The quantitative estimate of drug-likeness (QED) is 0.0344. The van der Waals surface area contributed by atoms with E-state index in [0.717, 1.165) is 69.6 Å². The van der Waals surface area contributed by atoms with Crippen molar-refractivity contribution in [2.75, 3.05) is 13.2 Å². The molecule has 0 amide bonds. The molecule has 0 aromatic rings. The molecule has 0 fully saturated rings. The molecule has 0 aliphatic heterocycles. The summed E-state index contributed by atoms with van der Waals surface area (Å²) in [6, 6.07) is 0. The lowest BCUT2D eigenvalue weighted by Gasteiger charge is -2.18. The molecule has 6 nitrogen and oxygen atoms in total. The number of carbonyl (C=O) groups excluding carboxylic acids is 3. The lowest BCUT2D eigenvalue weighted by atomic mass is 9.99. The standard InChI is InChI=1S/C55H106O6/c1-6-9-10-11-12-13-18-27-32-37-42-47-55(58)61-52(49-60-54(57)46-41-36-31-26-22-21-24-29-34-39-44-51(5)8-3)48-59-53(56)45-40-35-30-25-20-17-15-14-16-19-23-28-33-38-43-50(4)7-2/h50-52H,6-49H2,1-5H3/t50?,51?,52-/m0/s1. The average molecular weight is 863 g/mol. The SMILES string of the molecule is CCCCCCCCCCCCCC(=O)O[C@@H](COC(=O)CCCCCCCCCCCCCCCCC(C)CC)COC(=O)CCCCCCCCCCCCC(C)CC. The number of hydrogen-bond acceptors (Lipinski definition) is 6. The highest BCUT2D eigenvalue weighted by molar-refractivity contribution is 5.71. The van der Waals surface area contributed by atoms with E-state index in [0.29, 0.717) is 19.3 Å². The van der Waals surface area contributed by atoms with Crippen molar-refractivity contribution in [2.45, 2.75) is 310 Å². The van der Waals surface area contributed by atoms with Crippen molar-refractivity contribution in [2.24, 2.45) is 11.8 Å². The highest BCUT2D eigenvalue weighted by Crippen LogP contribution is 2.18. The van der Waals surface area contributed by atoms with Gasteiger partial charge in [-0.05, 0) is 31.1 Å². The second-order valence-electron chi connectivity index (χ2n) is 19.4. The first-order valence-electron chi connectivity index (χ1n) is 27.3. The summed E-state index contributed by atoms with van der Waals surface area (Å²) >= 11 is 0. The van der Waals surface area contributed by atoms with Gasteiger partial charge in [-0.3, -0.25) is 14.4 Å². The van der Waals surface area contributed by atoms with Crippen LogP contribution in [0.1, 0.15) is 304 Å². The second kappa shape index (κ2) is 47.9. The molecule has 0 heterocycles. The first kappa shape index (κ1) is 59.4. The molecule has 0 aromatic carbocycles. The highest BCUT2D eigenvalue weighted by Gasteiger charge is 2.19. The maximum atomic E-state index is 12.8. The van der Waals surface area contributed by atoms with Crippen molar-refractivity contribution in [1.82, 2.24) is 0 Å². The molecule has 0 rings (SSSR count). The van der Waals surface area contributed by atoms with Crippen LogP contribution in [0.15, 0.2) is 0 Å². The van der Waals surface area contributed by atoms with Crippen LogP contribution in [0.3, 0.4) is 0 Å². The molecule has 2 unspecified atom stereocenters. The molecule has 0 saturated carbocycles. The third-order valence-corrected chi connectivity index (χ3v) is 13.2. The minimum absolute atomic E-state index is 0.0633. The first-order valence-corrected chi connectivity index (χ1v) is 27.3. The Morgan fingerprint density at radius 3 is 0.852 bits per heavy atom. The summed E-state index contributed by atoms with van der Waals surface area (Å²) in [7, 11) is 0. The Hall–Kier alpha value is -1.59. The van der Waals surface area contributed by atoms with E-state index in [1.54, 1.807) is 0 Å². The van der Waals surface area contributed by atoms with Crippen LogP contribution in [0.2, 0.25) is 0 Å². The van der Waals surface area contributed by atoms with Crippen molar-refractivity contribution in [1.29, 1.82) is 0 Å². The molecule has 0 spiro atoms. The third kappa shape index (κ3) is 46.2. The lowest BCUT2D eigenvalue weighted by Crippen LogP contribution is -2.30. The van der Waals surface area contributed by atoms with Crippen molar-refractivity contribution < 1.29 is 28.6 Å². The largest absolute Gasteiger partial charge is 0.462 e. The number of carbonyl (C=O) groups is 3. The molecule has 0 N–H and O–H groups in total. The minimum atomic E-state index is -0.761. The van der Waals surface area contributed by atoms with E-state index in [1.165, 1.54) is 193 Å². The lowest BCUT2D eigenvalue weighted by molar-refractivity contribution is -0.167. The van der Waals surface area contributed by atoms with Gasteiger partial charge in [-0.15, -0.1) is 0 Å². The topological polar surface area (TPSA) is 78.9 Å². The van der Waals surface area contributed by atoms with Gasteiger partial charge in [-0.25, -0.2) is 0 Å². The molecule has 0 saturated heterocycles. The summed E-state index contributed by atoms with van der Waals surface area (Å²) in [5.74, 6) is 0.920. The van der Waals surface area contributed by atoms with Crippen LogP contribution < -0.4 is 0 Å². The monoisotopic (exact) mass is 863 g/mol. The Labute approximate surface area is 380 Å². The number of unbranched alkanes of at least 4 members (excludes halogenated alkanes) is 32. The normalized spacial score (nSPS) is 12.9. The van der Waals surface area contributed by atoms with Gasteiger partial charge in [0.1, 0.15) is 13.2 Å². The van der Waals surface area contributed by atoms with Gasteiger partial charge in [0.2, 0.25) is 0 Å². The molecule has 3 atom stereocenters. The first-order chi connectivity index (χ1) is 29.8. The fourth-order valence-corrected chi connectivity index (χ4v) is 8.28. The Balaban J connectivity index is 4.27. The Morgan fingerprint density at radius 1 is 0.328 bits per heavy atom. The summed E-state index contributed by atoms with van der Waals surface area (Å²) in [5, 5.41) is 0. The molecule has 362 valence electrons. The van der Waals surface area contributed by atoms with Gasteiger partial charge in [-0.2, -0.15) is 0 Å². The van der Waals surface area contributed by atoms with E-state index in [-0.39, 0.29) is 31.1 Å². The van der Waals surface area contributed by atoms with Gasteiger partial charge in [0.25, 0.3) is 0 Å². The zero-order valence-corrected chi connectivity index (χ0v) is 41.8. The van der Waals surface area contributed by atoms with Crippen LogP contribution in [-0.4, -0.2) is 37.2 Å². The number of rotatable bonds is 49. The predicted octanol–water partition coefficient (Wildman–Crippen LogP) is 17.7. The smallest absolute Gasteiger partial charge is 0.306 e. The van der Waals surface area contributed by atoms with Crippen LogP contribution in [0.4, 0.5) is 0 Å². The summed E-state index contributed by atoms with van der Waals surface area (Å²) < 4.78 is 16.8. The van der Waals surface area contributed by atoms with Crippen LogP contribution in [0.5, 0.6) is 0 Å². The molecule has 61 heavy (non-hydrogen) atoms. The van der Waals surface area contributed by atoms with Crippen molar-refractivity contribution in [3.8, 4) is 0 Å². The average Bonchev–Trinajstić information content (AvgIpc) is 3.26. The molecule has 0 aromatic heterocycles.